The fourth-order valence-electron chi connectivity index (χ4n) is 2.74. The van der Waals surface area contributed by atoms with Gasteiger partial charge < -0.3 is 19.5 Å². The highest BCUT2D eigenvalue weighted by atomic mass is 16.5. The predicted molar refractivity (Wildman–Crippen MR) is 57.7 cm³/mol. The normalized spacial score (nSPS) is 41.9. The summed E-state index contributed by atoms with van der Waals surface area (Å²) in [6.07, 6.45) is 1.51. The standard InChI is InChI=1S/C11H21NO3/c1-8-10(12(3)4)11(2,14)7-9(15-8)5-6-13/h6,8-10,14H,5,7H2,1-4H3/t8-,9-,10+,11-/m0/s1. The van der Waals surface area contributed by atoms with E-state index >= 15 is 0 Å². The Hall–Kier alpha value is -0.450. The van der Waals surface area contributed by atoms with E-state index < -0.39 is 5.60 Å². The number of aliphatic hydroxyl groups is 1. The number of hydrogen-bond donors (Lipinski definition) is 1. The smallest absolute Gasteiger partial charge is 0.122 e. The van der Waals surface area contributed by atoms with Gasteiger partial charge in [-0.1, -0.05) is 0 Å². The number of rotatable bonds is 3. The summed E-state index contributed by atoms with van der Waals surface area (Å²) in [6.45, 7) is 3.75. The number of likely N-dealkylation sites (N-methyl/N-ethyl adjacent to an activating group) is 1. The zero-order chi connectivity index (χ0) is 11.6. The molecule has 1 rings (SSSR count). The molecule has 88 valence electrons. The summed E-state index contributed by atoms with van der Waals surface area (Å²) in [5, 5.41) is 10.3. The third kappa shape index (κ3) is 2.77. The van der Waals surface area contributed by atoms with Crippen molar-refractivity contribution in [3.63, 3.8) is 0 Å². The third-order valence-corrected chi connectivity index (χ3v) is 3.05. The van der Waals surface area contributed by atoms with Crippen LogP contribution in [0, 0.1) is 0 Å². The summed E-state index contributed by atoms with van der Waals surface area (Å²) in [4.78, 5) is 12.4. The van der Waals surface area contributed by atoms with Gasteiger partial charge in [0.15, 0.2) is 0 Å². The van der Waals surface area contributed by atoms with Crippen LogP contribution in [-0.2, 0) is 9.53 Å². The summed E-state index contributed by atoms with van der Waals surface area (Å²) in [5.41, 5.74) is -0.797. The van der Waals surface area contributed by atoms with Crippen molar-refractivity contribution in [3.8, 4) is 0 Å². The third-order valence-electron chi connectivity index (χ3n) is 3.05. The molecular weight excluding hydrogens is 194 g/mol. The molecule has 15 heavy (non-hydrogen) atoms. The quantitative estimate of drug-likeness (QED) is 0.694. The average molecular weight is 215 g/mol. The van der Waals surface area contributed by atoms with E-state index in [1.807, 2.05) is 32.8 Å². The van der Waals surface area contributed by atoms with E-state index in [1.165, 1.54) is 0 Å². The molecule has 0 spiro atoms. The number of carbonyl (C=O) groups is 1. The van der Waals surface area contributed by atoms with Crippen LogP contribution >= 0.6 is 0 Å². The van der Waals surface area contributed by atoms with Crippen molar-refractivity contribution in [2.75, 3.05) is 14.1 Å². The van der Waals surface area contributed by atoms with Gasteiger partial charge in [-0.25, -0.2) is 0 Å². The van der Waals surface area contributed by atoms with Crippen LogP contribution in [0.2, 0.25) is 0 Å². The Balaban J connectivity index is 2.76. The summed E-state index contributed by atoms with van der Waals surface area (Å²) in [6, 6.07) is -0.0274. The Labute approximate surface area is 91.2 Å². The Morgan fingerprint density at radius 2 is 2.20 bits per heavy atom. The van der Waals surface area contributed by atoms with E-state index in [2.05, 4.69) is 0 Å². The Kier molecular flexibility index (Phi) is 3.87. The Bertz CT molecular complexity index is 228. The van der Waals surface area contributed by atoms with Crippen LogP contribution in [0.3, 0.4) is 0 Å². The first-order valence-corrected chi connectivity index (χ1v) is 5.36. The fraction of sp³-hybridized carbons (Fsp3) is 0.909. The van der Waals surface area contributed by atoms with Crippen LogP contribution in [0.1, 0.15) is 26.7 Å². The molecule has 4 atom stereocenters. The summed E-state index contributed by atoms with van der Waals surface area (Å²) >= 11 is 0. The molecule has 1 aliphatic heterocycles. The summed E-state index contributed by atoms with van der Waals surface area (Å²) in [5.74, 6) is 0. The van der Waals surface area contributed by atoms with Gasteiger partial charge in [-0.2, -0.15) is 0 Å². The lowest BCUT2D eigenvalue weighted by molar-refractivity contribution is -0.176. The lowest BCUT2D eigenvalue weighted by Crippen LogP contribution is -2.60. The zero-order valence-corrected chi connectivity index (χ0v) is 9.93. The predicted octanol–water partition coefficient (Wildman–Crippen LogP) is 0.434. The van der Waals surface area contributed by atoms with Crippen molar-refractivity contribution in [2.45, 2.75) is 50.5 Å². The van der Waals surface area contributed by atoms with Crippen molar-refractivity contribution in [1.82, 2.24) is 4.90 Å². The maximum Gasteiger partial charge on any atom is 0.122 e. The minimum Gasteiger partial charge on any atom is -0.388 e. The van der Waals surface area contributed by atoms with Crippen LogP contribution in [0.25, 0.3) is 0 Å². The largest absolute Gasteiger partial charge is 0.388 e. The number of aldehydes is 1. The van der Waals surface area contributed by atoms with Gasteiger partial charge in [0.2, 0.25) is 0 Å². The van der Waals surface area contributed by atoms with E-state index in [0.717, 1.165) is 6.29 Å². The van der Waals surface area contributed by atoms with Gasteiger partial charge in [-0.15, -0.1) is 0 Å². The molecule has 0 aromatic heterocycles. The van der Waals surface area contributed by atoms with Crippen LogP contribution in [0.15, 0.2) is 0 Å². The van der Waals surface area contributed by atoms with Gasteiger partial charge >= 0.3 is 0 Å². The van der Waals surface area contributed by atoms with E-state index in [9.17, 15) is 9.90 Å². The van der Waals surface area contributed by atoms with Crippen LogP contribution in [0.4, 0.5) is 0 Å². The number of hydrogen-bond acceptors (Lipinski definition) is 4. The van der Waals surface area contributed by atoms with Crippen molar-refractivity contribution in [1.29, 1.82) is 0 Å². The molecule has 1 N–H and O–H groups in total. The first-order chi connectivity index (χ1) is 6.88. The molecule has 0 saturated carbocycles. The molecule has 4 heteroatoms. The van der Waals surface area contributed by atoms with Crippen molar-refractivity contribution < 1.29 is 14.6 Å². The minimum absolute atomic E-state index is 0.0274. The van der Waals surface area contributed by atoms with Crippen LogP contribution in [0.5, 0.6) is 0 Å². The molecule has 0 unspecified atom stereocenters. The molecular formula is C11H21NO3. The second kappa shape index (κ2) is 4.60. The van der Waals surface area contributed by atoms with Crippen molar-refractivity contribution in [2.24, 2.45) is 0 Å². The minimum atomic E-state index is -0.797. The number of ether oxygens (including phenoxy) is 1. The van der Waals surface area contributed by atoms with Gasteiger partial charge in [0.25, 0.3) is 0 Å². The molecule has 0 aromatic rings. The zero-order valence-electron chi connectivity index (χ0n) is 9.93. The molecule has 1 aliphatic rings. The molecule has 0 bridgehead atoms. The lowest BCUT2D eigenvalue weighted by atomic mass is 9.83. The first-order valence-electron chi connectivity index (χ1n) is 5.36. The SMILES string of the molecule is C[C@@H]1O[C@@H](CC=O)C[C@](C)(O)[C@@H]1N(C)C. The van der Waals surface area contributed by atoms with E-state index in [1.54, 1.807) is 0 Å². The molecule has 0 aliphatic carbocycles. The monoisotopic (exact) mass is 215 g/mol. The molecule has 1 fully saturated rings. The Morgan fingerprint density at radius 1 is 1.60 bits per heavy atom. The highest BCUT2D eigenvalue weighted by molar-refractivity contribution is 5.50. The maximum absolute atomic E-state index is 10.4. The first kappa shape index (κ1) is 12.6. The number of carbonyl (C=O) groups excluding carboxylic acids is 1. The molecule has 1 heterocycles. The van der Waals surface area contributed by atoms with Crippen molar-refractivity contribution >= 4 is 6.29 Å². The number of nitrogens with zero attached hydrogens (tertiary/aromatic N) is 1. The second-order valence-corrected chi connectivity index (χ2v) is 4.84. The van der Waals surface area contributed by atoms with E-state index in [0.29, 0.717) is 12.8 Å². The molecule has 0 radical (unpaired) electrons. The highest BCUT2D eigenvalue weighted by Gasteiger charge is 2.44. The van der Waals surface area contributed by atoms with Crippen LogP contribution < -0.4 is 0 Å². The van der Waals surface area contributed by atoms with Gasteiger partial charge in [0.1, 0.15) is 6.29 Å². The van der Waals surface area contributed by atoms with Gasteiger partial charge in [-0.3, -0.25) is 0 Å². The molecule has 1 saturated heterocycles. The molecule has 4 nitrogen and oxygen atoms in total. The average Bonchev–Trinajstić information content (AvgIpc) is 1.99. The lowest BCUT2D eigenvalue weighted by Gasteiger charge is -2.47. The van der Waals surface area contributed by atoms with Gasteiger partial charge in [-0.05, 0) is 27.9 Å². The van der Waals surface area contributed by atoms with E-state index in [4.69, 9.17) is 4.74 Å². The fourth-order valence-corrected chi connectivity index (χ4v) is 2.74. The Morgan fingerprint density at radius 3 is 2.60 bits per heavy atom. The maximum atomic E-state index is 10.4. The molecule has 0 aromatic carbocycles. The second-order valence-electron chi connectivity index (χ2n) is 4.84. The van der Waals surface area contributed by atoms with Crippen LogP contribution in [-0.4, -0.2) is 54.2 Å². The summed E-state index contributed by atoms with van der Waals surface area (Å²) in [7, 11) is 3.86. The van der Waals surface area contributed by atoms with Crippen molar-refractivity contribution in [3.05, 3.63) is 0 Å². The van der Waals surface area contributed by atoms with Gasteiger partial charge in [0, 0.05) is 12.8 Å². The molecule has 0 amide bonds. The van der Waals surface area contributed by atoms with E-state index in [-0.39, 0.29) is 18.2 Å². The summed E-state index contributed by atoms with van der Waals surface area (Å²) < 4.78 is 5.70. The van der Waals surface area contributed by atoms with Gasteiger partial charge in [0.05, 0.1) is 23.9 Å². The highest BCUT2D eigenvalue weighted by Crippen LogP contribution is 2.32. The topological polar surface area (TPSA) is 49.8 Å².